The van der Waals surface area contributed by atoms with E-state index in [1.807, 2.05) is 0 Å². The lowest BCUT2D eigenvalue weighted by Gasteiger charge is -2.05. The molecular weight excluding hydrogens is 316 g/mol. The number of phenols is 1. The van der Waals surface area contributed by atoms with Crippen LogP contribution >= 0.6 is 23.4 Å². The zero-order valence-electron chi connectivity index (χ0n) is 10.5. The fraction of sp³-hybridized carbons (Fsp3) is 0.143. The van der Waals surface area contributed by atoms with Crippen LogP contribution in [-0.4, -0.2) is 25.0 Å². The first-order valence-corrected chi connectivity index (χ1v) is 8.89. The molecule has 0 saturated carbocycles. The number of halogens is 1. The molecular formula is C14H13ClO3S2. The highest BCUT2D eigenvalue weighted by molar-refractivity contribution is 8.00. The Morgan fingerprint density at radius 3 is 2.20 bits per heavy atom. The Labute approximate surface area is 127 Å². The number of rotatable bonds is 5. The maximum Gasteiger partial charge on any atom is 0.179 e. The smallest absolute Gasteiger partial charge is 0.179 e. The number of thioether (sulfide) groups is 1. The number of aromatic hydroxyl groups is 1. The second kappa shape index (κ2) is 6.52. The molecule has 0 unspecified atom stereocenters. The van der Waals surface area contributed by atoms with Crippen LogP contribution in [0.25, 0.3) is 0 Å². The van der Waals surface area contributed by atoms with Gasteiger partial charge in [0, 0.05) is 15.7 Å². The molecule has 2 aromatic rings. The van der Waals surface area contributed by atoms with E-state index in [2.05, 4.69) is 0 Å². The van der Waals surface area contributed by atoms with E-state index in [0.717, 1.165) is 4.90 Å². The first kappa shape index (κ1) is 15.2. The third-order valence-electron chi connectivity index (χ3n) is 2.63. The molecule has 0 aliphatic rings. The molecule has 0 spiro atoms. The molecule has 3 nitrogen and oxygen atoms in total. The Morgan fingerprint density at radius 1 is 1.00 bits per heavy atom. The molecule has 0 aliphatic heterocycles. The highest BCUT2D eigenvalue weighted by atomic mass is 35.5. The summed E-state index contributed by atoms with van der Waals surface area (Å²) in [6, 6.07) is 12.9. The van der Waals surface area contributed by atoms with E-state index in [1.54, 1.807) is 36.4 Å². The molecule has 106 valence electrons. The van der Waals surface area contributed by atoms with Crippen LogP contribution in [0.15, 0.2) is 58.3 Å². The zero-order chi connectivity index (χ0) is 14.6. The fourth-order valence-corrected chi connectivity index (χ4v) is 4.26. The van der Waals surface area contributed by atoms with Crippen molar-refractivity contribution in [3.05, 3.63) is 53.6 Å². The normalized spacial score (nSPS) is 11.4. The number of phenolic OH excluding ortho intramolecular Hbond substituents is 1. The zero-order valence-corrected chi connectivity index (χ0v) is 12.9. The highest BCUT2D eigenvalue weighted by Crippen LogP contribution is 2.22. The van der Waals surface area contributed by atoms with Gasteiger partial charge >= 0.3 is 0 Å². The summed E-state index contributed by atoms with van der Waals surface area (Å²) in [7, 11) is -3.28. The van der Waals surface area contributed by atoms with Crippen LogP contribution < -0.4 is 0 Å². The van der Waals surface area contributed by atoms with Crippen molar-refractivity contribution in [3.63, 3.8) is 0 Å². The lowest BCUT2D eigenvalue weighted by molar-refractivity contribution is 0.475. The quantitative estimate of drug-likeness (QED) is 0.852. The summed E-state index contributed by atoms with van der Waals surface area (Å²) in [5.74, 6) is 0.707. The third-order valence-corrected chi connectivity index (χ3v) is 5.89. The molecule has 0 fully saturated rings. The summed E-state index contributed by atoms with van der Waals surface area (Å²) < 4.78 is 24.2. The minimum atomic E-state index is -3.28. The predicted molar refractivity (Wildman–Crippen MR) is 82.3 cm³/mol. The molecule has 0 radical (unpaired) electrons. The van der Waals surface area contributed by atoms with Gasteiger partial charge in [0.1, 0.15) is 5.75 Å². The van der Waals surface area contributed by atoms with Gasteiger partial charge in [-0.3, -0.25) is 0 Å². The third kappa shape index (κ3) is 4.16. The SMILES string of the molecule is O=S(=O)(CCSc1ccc(O)cc1)c1ccc(Cl)cc1. The van der Waals surface area contributed by atoms with E-state index in [9.17, 15) is 8.42 Å². The summed E-state index contributed by atoms with van der Waals surface area (Å²) in [6.45, 7) is 0. The van der Waals surface area contributed by atoms with Gasteiger partial charge < -0.3 is 5.11 Å². The molecule has 0 amide bonds. The largest absolute Gasteiger partial charge is 0.508 e. The Balaban J connectivity index is 1.96. The first-order valence-electron chi connectivity index (χ1n) is 5.87. The summed E-state index contributed by atoms with van der Waals surface area (Å²) in [5, 5.41) is 9.68. The van der Waals surface area contributed by atoms with Crippen molar-refractivity contribution in [2.75, 3.05) is 11.5 Å². The minimum absolute atomic E-state index is 0.0557. The highest BCUT2D eigenvalue weighted by Gasteiger charge is 2.14. The summed E-state index contributed by atoms with van der Waals surface area (Å²) in [4.78, 5) is 1.21. The van der Waals surface area contributed by atoms with E-state index < -0.39 is 9.84 Å². The number of hydrogen-bond acceptors (Lipinski definition) is 4. The monoisotopic (exact) mass is 328 g/mol. The van der Waals surface area contributed by atoms with Crippen LogP contribution in [0, 0.1) is 0 Å². The predicted octanol–water partition coefficient (Wildman–Crippen LogP) is 3.61. The Morgan fingerprint density at radius 2 is 1.60 bits per heavy atom. The van der Waals surface area contributed by atoms with Crippen molar-refractivity contribution in [2.24, 2.45) is 0 Å². The van der Waals surface area contributed by atoms with E-state index >= 15 is 0 Å². The van der Waals surface area contributed by atoms with Gasteiger partial charge in [-0.05, 0) is 48.5 Å². The van der Waals surface area contributed by atoms with Crippen LogP contribution in [-0.2, 0) is 9.84 Å². The molecule has 1 N–H and O–H groups in total. The van der Waals surface area contributed by atoms with Crippen LogP contribution in [0.4, 0.5) is 0 Å². The van der Waals surface area contributed by atoms with Crippen molar-refractivity contribution in [1.29, 1.82) is 0 Å². The standard InChI is InChI=1S/C14H13ClO3S2/c15-11-1-7-14(8-2-11)20(17,18)10-9-19-13-5-3-12(16)4-6-13/h1-8,16H,9-10H2. The molecule has 0 heterocycles. The maximum absolute atomic E-state index is 12.1. The van der Waals surface area contributed by atoms with Crippen molar-refractivity contribution >= 4 is 33.2 Å². The van der Waals surface area contributed by atoms with Crippen molar-refractivity contribution in [2.45, 2.75) is 9.79 Å². The molecule has 2 aromatic carbocycles. The Hall–Kier alpha value is -1.17. The maximum atomic E-state index is 12.1. The van der Waals surface area contributed by atoms with Gasteiger partial charge in [0.25, 0.3) is 0 Å². The van der Waals surface area contributed by atoms with Gasteiger partial charge in [0.15, 0.2) is 9.84 Å². The number of hydrogen-bond donors (Lipinski definition) is 1. The molecule has 0 saturated heterocycles. The molecule has 20 heavy (non-hydrogen) atoms. The molecule has 0 aliphatic carbocycles. The van der Waals surface area contributed by atoms with Crippen LogP contribution in [0.3, 0.4) is 0 Å². The molecule has 2 rings (SSSR count). The van der Waals surface area contributed by atoms with Crippen molar-refractivity contribution < 1.29 is 13.5 Å². The number of benzene rings is 2. The summed E-state index contributed by atoms with van der Waals surface area (Å²) >= 11 is 7.18. The van der Waals surface area contributed by atoms with E-state index in [0.29, 0.717) is 10.8 Å². The van der Waals surface area contributed by atoms with Gasteiger partial charge in [0.05, 0.1) is 10.6 Å². The van der Waals surface area contributed by atoms with Crippen molar-refractivity contribution in [3.8, 4) is 5.75 Å². The van der Waals surface area contributed by atoms with Crippen LogP contribution in [0.5, 0.6) is 5.75 Å². The van der Waals surface area contributed by atoms with Crippen molar-refractivity contribution in [1.82, 2.24) is 0 Å². The lowest BCUT2D eigenvalue weighted by Crippen LogP contribution is -2.08. The van der Waals surface area contributed by atoms with Crippen LogP contribution in [0.2, 0.25) is 5.02 Å². The summed E-state index contributed by atoms with van der Waals surface area (Å²) in [5.41, 5.74) is 0. The van der Waals surface area contributed by atoms with Crippen LogP contribution in [0.1, 0.15) is 0 Å². The molecule has 0 atom stereocenters. The van der Waals surface area contributed by atoms with Gasteiger partial charge in [0.2, 0.25) is 0 Å². The second-order valence-corrected chi connectivity index (χ2v) is 7.83. The van der Waals surface area contributed by atoms with Gasteiger partial charge in [-0.15, -0.1) is 11.8 Å². The lowest BCUT2D eigenvalue weighted by atomic mass is 10.3. The minimum Gasteiger partial charge on any atom is -0.508 e. The molecule has 6 heteroatoms. The fourth-order valence-electron chi connectivity index (χ4n) is 1.57. The van der Waals surface area contributed by atoms with Gasteiger partial charge in [-0.25, -0.2) is 8.42 Å². The second-order valence-electron chi connectivity index (χ2n) is 4.12. The average Bonchev–Trinajstić information content (AvgIpc) is 2.41. The summed E-state index contributed by atoms with van der Waals surface area (Å²) in [6.07, 6.45) is 0. The van der Waals surface area contributed by atoms with Gasteiger partial charge in [-0.2, -0.15) is 0 Å². The Kier molecular flexibility index (Phi) is 4.96. The Bertz CT molecular complexity index is 665. The average molecular weight is 329 g/mol. The van der Waals surface area contributed by atoms with E-state index in [4.69, 9.17) is 16.7 Å². The topological polar surface area (TPSA) is 54.4 Å². The van der Waals surface area contributed by atoms with E-state index in [1.165, 1.54) is 23.9 Å². The van der Waals surface area contributed by atoms with E-state index in [-0.39, 0.29) is 16.4 Å². The number of sulfone groups is 1. The van der Waals surface area contributed by atoms with Gasteiger partial charge in [-0.1, -0.05) is 11.6 Å². The first-order chi connectivity index (χ1) is 9.47. The molecule has 0 aromatic heterocycles. The molecule has 0 bridgehead atoms.